The summed E-state index contributed by atoms with van der Waals surface area (Å²) in [6.45, 7) is 3.43. The zero-order chi connectivity index (χ0) is 23.4. The number of para-hydroxylation sites is 2. The van der Waals surface area contributed by atoms with Gasteiger partial charge in [-0.3, -0.25) is 4.79 Å². The molecule has 0 spiro atoms. The van der Waals surface area contributed by atoms with Crippen LogP contribution >= 0.6 is 0 Å². The van der Waals surface area contributed by atoms with E-state index in [1.165, 1.54) is 30.3 Å². The van der Waals surface area contributed by atoms with Gasteiger partial charge in [0.05, 0.1) is 34.6 Å². The fourth-order valence-corrected chi connectivity index (χ4v) is 3.27. The van der Waals surface area contributed by atoms with Crippen molar-refractivity contribution in [3.05, 3.63) is 71.7 Å². The maximum atomic E-state index is 13.3. The molecular formula is C24H20FN3O5. The van der Waals surface area contributed by atoms with Gasteiger partial charge >= 0.3 is 5.97 Å². The van der Waals surface area contributed by atoms with Gasteiger partial charge in [0.25, 0.3) is 11.6 Å². The molecule has 2 heterocycles. The molecule has 0 aliphatic rings. The summed E-state index contributed by atoms with van der Waals surface area (Å²) in [4.78, 5) is 29.6. The molecule has 0 bridgehead atoms. The second-order valence-electron chi connectivity index (χ2n) is 7.06. The number of carbonyl (C=O) groups is 2. The number of carbonyl (C=O) groups excluding carboxylic acids is 2. The normalized spacial score (nSPS) is 10.8. The Hall–Kier alpha value is -4.27. The molecule has 8 nitrogen and oxygen atoms in total. The first kappa shape index (κ1) is 21.9. The van der Waals surface area contributed by atoms with Crippen molar-refractivity contribution in [1.82, 2.24) is 10.1 Å². The fraction of sp³-hybridized carbons (Fsp3) is 0.167. The summed E-state index contributed by atoms with van der Waals surface area (Å²) in [6.07, 6.45) is 0. The number of hydrogen-bond acceptors (Lipinski definition) is 7. The number of pyridine rings is 1. The van der Waals surface area contributed by atoms with Gasteiger partial charge in [-0.05, 0) is 56.3 Å². The standard InChI is InChI=1S/C24H20FN3O5/c1-3-31-20-7-5-4-6-18(20)26-21(29)13-32-24(30)17-12-19(15-8-10-16(25)11-9-15)27-23-22(17)14(2)28-33-23/h4-12H,3,13H2,1-2H3,(H,26,29). The van der Waals surface area contributed by atoms with E-state index in [-0.39, 0.29) is 11.3 Å². The summed E-state index contributed by atoms with van der Waals surface area (Å²) in [7, 11) is 0. The zero-order valence-electron chi connectivity index (χ0n) is 17.9. The number of esters is 1. The van der Waals surface area contributed by atoms with E-state index in [2.05, 4.69) is 15.5 Å². The van der Waals surface area contributed by atoms with Crippen molar-refractivity contribution in [2.24, 2.45) is 0 Å². The Morgan fingerprint density at radius 1 is 1.12 bits per heavy atom. The molecule has 0 radical (unpaired) electrons. The van der Waals surface area contributed by atoms with Crippen molar-refractivity contribution in [1.29, 1.82) is 0 Å². The number of halogens is 1. The first-order valence-electron chi connectivity index (χ1n) is 10.2. The Bertz CT molecular complexity index is 1320. The Kier molecular flexibility index (Phi) is 6.30. The van der Waals surface area contributed by atoms with Crippen molar-refractivity contribution < 1.29 is 28.0 Å². The number of aryl methyl sites for hydroxylation is 1. The molecule has 0 aliphatic heterocycles. The molecule has 2 aromatic carbocycles. The van der Waals surface area contributed by atoms with Gasteiger partial charge in [0.2, 0.25) is 0 Å². The molecule has 4 aromatic rings. The Morgan fingerprint density at radius 3 is 2.64 bits per heavy atom. The minimum absolute atomic E-state index is 0.136. The minimum Gasteiger partial charge on any atom is -0.492 e. The number of fused-ring (bicyclic) bond motifs is 1. The van der Waals surface area contributed by atoms with Gasteiger partial charge in [-0.2, -0.15) is 0 Å². The van der Waals surface area contributed by atoms with Crippen LogP contribution in [0, 0.1) is 12.7 Å². The van der Waals surface area contributed by atoms with Crippen LogP contribution < -0.4 is 10.1 Å². The number of anilines is 1. The molecule has 0 atom stereocenters. The maximum absolute atomic E-state index is 13.3. The lowest BCUT2D eigenvalue weighted by Gasteiger charge is -2.11. The summed E-state index contributed by atoms with van der Waals surface area (Å²) in [5.41, 5.74) is 2.15. The predicted octanol–water partition coefficient (Wildman–Crippen LogP) is 4.53. The molecule has 168 valence electrons. The smallest absolute Gasteiger partial charge is 0.339 e. The van der Waals surface area contributed by atoms with Crippen LogP contribution in [0.5, 0.6) is 5.75 Å². The van der Waals surface area contributed by atoms with E-state index >= 15 is 0 Å². The highest BCUT2D eigenvalue weighted by Crippen LogP contribution is 2.28. The maximum Gasteiger partial charge on any atom is 0.339 e. The van der Waals surface area contributed by atoms with Crippen molar-refractivity contribution in [2.45, 2.75) is 13.8 Å². The van der Waals surface area contributed by atoms with Crippen LogP contribution in [0.15, 0.2) is 59.1 Å². The lowest BCUT2D eigenvalue weighted by molar-refractivity contribution is -0.119. The van der Waals surface area contributed by atoms with E-state index in [9.17, 15) is 14.0 Å². The monoisotopic (exact) mass is 449 g/mol. The first-order chi connectivity index (χ1) is 16.0. The number of hydrogen-bond donors (Lipinski definition) is 1. The molecule has 0 saturated carbocycles. The molecule has 33 heavy (non-hydrogen) atoms. The highest BCUT2D eigenvalue weighted by Gasteiger charge is 2.21. The molecule has 0 fully saturated rings. The van der Waals surface area contributed by atoms with Gasteiger partial charge < -0.3 is 19.3 Å². The average Bonchev–Trinajstić information content (AvgIpc) is 3.19. The van der Waals surface area contributed by atoms with Crippen LogP contribution in [-0.4, -0.2) is 35.2 Å². The molecule has 1 amide bonds. The predicted molar refractivity (Wildman–Crippen MR) is 118 cm³/mol. The molecule has 4 rings (SSSR count). The molecule has 9 heteroatoms. The van der Waals surface area contributed by atoms with E-state index in [0.29, 0.717) is 40.4 Å². The Balaban J connectivity index is 1.55. The summed E-state index contributed by atoms with van der Waals surface area (Å²) >= 11 is 0. The number of aromatic nitrogens is 2. The van der Waals surface area contributed by atoms with Gasteiger partial charge in [-0.25, -0.2) is 14.2 Å². The van der Waals surface area contributed by atoms with Crippen molar-refractivity contribution in [3.63, 3.8) is 0 Å². The number of ether oxygens (including phenoxy) is 2. The van der Waals surface area contributed by atoms with Gasteiger partial charge in [0.1, 0.15) is 11.6 Å². The van der Waals surface area contributed by atoms with Gasteiger partial charge in [0, 0.05) is 5.56 Å². The van der Waals surface area contributed by atoms with E-state index in [1.54, 1.807) is 31.2 Å². The zero-order valence-corrected chi connectivity index (χ0v) is 17.9. The quantitative estimate of drug-likeness (QED) is 0.413. The van der Waals surface area contributed by atoms with E-state index in [1.807, 2.05) is 6.92 Å². The molecule has 0 unspecified atom stereocenters. The minimum atomic E-state index is -0.745. The topological polar surface area (TPSA) is 104 Å². The largest absolute Gasteiger partial charge is 0.492 e. The van der Waals surface area contributed by atoms with Crippen LogP contribution in [-0.2, 0) is 9.53 Å². The molecular weight excluding hydrogens is 429 g/mol. The molecule has 0 saturated heterocycles. The second-order valence-corrected chi connectivity index (χ2v) is 7.06. The van der Waals surface area contributed by atoms with Crippen LogP contribution in [0.4, 0.5) is 10.1 Å². The molecule has 2 aromatic heterocycles. The summed E-state index contributed by atoms with van der Waals surface area (Å²) in [6, 6.07) is 14.1. The van der Waals surface area contributed by atoms with E-state index in [4.69, 9.17) is 14.0 Å². The second kappa shape index (κ2) is 9.47. The number of rotatable bonds is 7. The van der Waals surface area contributed by atoms with Crippen LogP contribution in [0.25, 0.3) is 22.4 Å². The summed E-state index contributed by atoms with van der Waals surface area (Å²) < 4.78 is 29.3. The summed E-state index contributed by atoms with van der Waals surface area (Å²) in [5, 5.41) is 6.92. The molecule has 0 aliphatic carbocycles. The first-order valence-corrected chi connectivity index (χ1v) is 10.2. The van der Waals surface area contributed by atoms with Crippen LogP contribution in [0.2, 0.25) is 0 Å². The number of nitrogens with zero attached hydrogens (tertiary/aromatic N) is 2. The van der Waals surface area contributed by atoms with Crippen molar-refractivity contribution in [3.8, 4) is 17.0 Å². The third-order valence-electron chi connectivity index (χ3n) is 4.77. The summed E-state index contributed by atoms with van der Waals surface area (Å²) in [5.74, 6) is -1.15. The highest BCUT2D eigenvalue weighted by atomic mass is 19.1. The van der Waals surface area contributed by atoms with Crippen molar-refractivity contribution in [2.75, 3.05) is 18.5 Å². The lowest BCUT2D eigenvalue weighted by atomic mass is 10.1. The van der Waals surface area contributed by atoms with Crippen LogP contribution in [0.3, 0.4) is 0 Å². The number of amides is 1. The van der Waals surface area contributed by atoms with Crippen LogP contribution in [0.1, 0.15) is 23.0 Å². The number of benzene rings is 2. The Labute approximate surface area is 188 Å². The third kappa shape index (κ3) is 4.82. The Morgan fingerprint density at radius 2 is 1.88 bits per heavy atom. The molecule has 1 N–H and O–H groups in total. The third-order valence-corrected chi connectivity index (χ3v) is 4.77. The van der Waals surface area contributed by atoms with Crippen molar-refractivity contribution >= 4 is 28.7 Å². The van der Waals surface area contributed by atoms with Gasteiger partial charge in [0.15, 0.2) is 6.61 Å². The lowest BCUT2D eigenvalue weighted by Crippen LogP contribution is -2.21. The fourth-order valence-electron chi connectivity index (χ4n) is 3.27. The van der Waals surface area contributed by atoms with E-state index < -0.39 is 24.3 Å². The SMILES string of the molecule is CCOc1ccccc1NC(=O)COC(=O)c1cc(-c2ccc(F)cc2)nc2onc(C)c12. The highest BCUT2D eigenvalue weighted by molar-refractivity contribution is 6.05. The van der Waals surface area contributed by atoms with Gasteiger partial charge in [-0.15, -0.1) is 0 Å². The average molecular weight is 449 g/mol. The number of nitrogens with one attached hydrogen (secondary N) is 1. The van der Waals surface area contributed by atoms with E-state index in [0.717, 1.165) is 0 Å². The van der Waals surface area contributed by atoms with Gasteiger partial charge in [-0.1, -0.05) is 17.3 Å².